The second-order valence-electron chi connectivity index (χ2n) is 9.30. The number of benzene rings is 2. The van der Waals surface area contributed by atoms with Crippen molar-refractivity contribution in [2.45, 2.75) is 71.6 Å². The third kappa shape index (κ3) is 7.24. The predicted molar refractivity (Wildman–Crippen MR) is 133 cm³/mol. The number of hydrogen-bond acceptors (Lipinski definition) is 4. The van der Waals surface area contributed by atoms with E-state index in [0.29, 0.717) is 24.3 Å². The van der Waals surface area contributed by atoms with Crippen molar-refractivity contribution < 1.29 is 19.1 Å². The summed E-state index contributed by atoms with van der Waals surface area (Å²) in [5.74, 6) is 0.832. The van der Waals surface area contributed by atoms with Gasteiger partial charge in [0.1, 0.15) is 11.5 Å². The molecule has 2 amide bonds. The molecule has 0 aromatic heterocycles. The summed E-state index contributed by atoms with van der Waals surface area (Å²) in [6, 6.07) is 11.0. The van der Waals surface area contributed by atoms with Gasteiger partial charge in [0.05, 0.1) is 13.7 Å². The van der Waals surface area contributed by atoms with Crippen LogP contribution in [0.5, 0.6) is 11.5 Å². The van der Waals surface area contributed by atoms with Gasteiger partial charge >= 0.3 is 0 Å². The zero-order valence-corrected chi connectivity index (χ0v) is 20.8. The lowest BCUT2D eigenvalue weighted by Crippen LogP contribution is -2.22. The van der Waals surface area contributed by atoms with Gasteiger partial charge in [-0.05, 0) is 54.0 Å². The van der Waals surface area contributed by atoms with E-state index in [9.17, 15) is 9.59 Å². The molecule has 0 saturated carbocycles. The minimum absolute atomic E-state index is 0.00480. The molecule has 0 heterocycles. The van der Waals surface area contributed by atoms with E-state index >= 15 is 0 Å². The first kappa shape index (κ1) is 26.2. The highest BCUT2D eigenvalue weighted by Gasteiger charge is 2.24. The molecule has 0 aliphatic rings. The van der Waals surface area contributed by atoms with Crippen molar-refractivity contribution in [3.05, 3.63) is 53.1 Å². The van der Waals surface area contributed by atoms with Gasteiger partial charge in [0.15, 0.2) is 0 Å². The Labute approximate surface area is 197 Å². The Balaban J connectivity index is 2.35. The van der Waals surface area contributed by atoms with Crippen LogP contribution in [0.3, 0.4) is 0 Å². The minimum atomic E-state index is -0.522. The number of rotatable bonds is 11. The monoisotopic (exact) mass is 454 g/mol. The number of unbranched alkanes of at least 4 members (excludes halogenated alkanes) is 1. The molecule has 1 atom stereocenters. The summed E-state index contributed by atoms with van der Waals surface area (Å²) >= 11 is 0. The first-order valence-corrected chi connectivity index (χ1v) is 11.7. The van der Waals surface area contributed by atoms with Gasteiger partial charge in [0.25, 0.3) is 0 Å². The van der Waals surface area contributed by atoms with Gasteiger partial charge in [-0.3, -0.25) is 9.59 Å². The van der Waals surface area contributed by atoms with Crippen molar-refractivity contribution in [1.29, 1.82) is 0 Å². The summed E-state index contributed by atoms with van der Waals surface area (Å²) in [5, 5.41) is 3.05. The van der Waals surface area contributed by atoms with Gasteiger partial charge in [-0.25, -0.2) is 0 Å². The first-order valence-electron chi connectivity index (χ1n) is 11.7. The van der Waals surface area contributed by atoms with Crippen molar-refractivity contribution in [1.82, 2.24) is 0 Å². The Bertz CT molecular complexity index is 963. The Hall–Kier alpha value is -3.02. The number of nitrogens with two attached hydrogens (primary N) is 1. The van der Waals surface area contributed by atoms with Crippen LogP contribution in [0.4, 0.5) is 5.69 Å². The Morgan fingerprint density at radius 2 is 1.82 bits per heavy atom. The van der Waals surface area contributed by atoms with E-state index < -0.39 is 5.91 Å². The molecule has 0 aliphatic heterocycles. The van der Waals surface area contributed by atoms with Gasteiger partial charge < -0.3 is 20.5 Å². The zero-order valence-electron chi connectivity index (χ0n) is 20.8. The average Bonchev–Trinajstić information content (AvgIpc) is 2.76. The summed E-state index contributed by atoms with van der Waals surface area (Å²) in [5.41, 5.74) is 8.21. The number of nitrogens with one attached hydrogen (secondary N) is 1. The summed E-state index contributed by atoms with van der Waals surface area (Å²) in [6.45, 7) is 10.8. The molecule has 180 valence electrons. The summed E-state index contributed by atoms with van der Waals surface area (Å²) in [4.78, 5) is 24.9. The molecule has 0 radical (unpaired) electrons. The van der Waals surface area contributed by atoms with E-state index in [1.807, 2.05) is 31.2 Å². The summed E-state index contributed by atoms with van der Waals surface area (Å²) in [6.07, 6.45) is 3.20. The molecule has 0 fully saturated rings. The smallest absolute Gasteiger partial charge is 0.248 e. The number of ether oxygens (including phenoxy) is 2. The molecule has 0 spiro atoms. The van der Waals surface area contributed by atoms with Crippen LogP contribution in [0.15, 0.2) is 36.4 Å². The van der Waals surface area contributed by atoms with Crippen LogP contribution in [0, 0.1) is 0 Å². The lowest BCUT2D eigenvalue weighted by molar-refractivity contribution is -0.116. The molecule has 6 nitrogen and oxygen atoms in total. The Kier molecular flexibility index (Phi) is 9.32. The van der Waals surface area contributed by atoms with E-state index in [4.69, 9.17) is 15.2 Å². The highest BCUT2D eigenvalue weighted by Crippen LogP contribution is 2.36. The molecule has 0 aliphatic carbocycles. The molecule has 2 aromatic rings. The van der Waals surface area contributed by atoms with Crippen LogP contribution in [-0.2, 0) is 10.2 Å². The molecule has 3 N–H and O–H groups in total. The topological polar surface area (TPSA) is 90.7 Å². The van der Waals surface area contributed by atoms with E-state index in [1.54, 1.807) is 19.2 Å². The standard InChI is InChI=1S/C27H38N2O4/c1-7-9-10-18(21-13-12-20(32-6)17-24(21)33-8-2)16-25(30)29-23-15-19(26(28)31)11-14-22(23)27(3,4)5/h11-15,17-18H,7-10,16H2,1-6H3,(H2,28,31)(H,29,30). The number of carbonyl (C=O) groups excluding carboxylic acids is 2. The maximum Gasteiger partial charge on any atom is 0.248 e. The second kappa shape index (κ2) is 11.7. The van der Waals surface area contributed by atoms with Gasteiger partial charge in [-0.15, -0.1) is 0 Å². The van der Waals surface area contributed by atoms with E-state index in [2.05, 4.69) is 33.0 Å². The van der Waals surface area contributed by atoms with Crippen molar-refractivity contribution >= 4 is 17.5 Å². The van der Waals surface area contributed by atoms with Gasteiger partial charge in [-0.2, -0.15) is 0 Å². The summed E-state index contributed by atoms with van der Waals surface area (Å²) in [7, 11) is 1.62. The van der Waals surface area contributed by atoms with E-state index in [-0.39, 0.29) is 17.2 Å². The molecule has 0 bridgehead atoms. The fourth-order valence-corrected chi connectivity index (χ4v) is 3.96. The summed E-state index contributed by atoms with van der Waals surface area (Å²) < 4.78 is 11.2. The normalized spacial score (nSPS) is 12.2. The van der Waals surface area contributed by atoms with E-state index in [1.165, 1.54) is 0 Å². The lowest BCUT2D eigenvalue weighted by Gasteiger charge is -2.25. The highest BCUT2D eigenvalue weighted by molar-refractivity contribution is 5.97. The van der Waals surface area contributed by atoms with Gasteiger partial charge in [0, 0.05) is 23.7 Å². The largest absolute Gasteiger partial charge is 0.497 e. The van der Waals surface area contributed by atoms with Crippen molar-refractivity contribution in [3.8, 4) is 11.5 Å². The van der Waals surface area contributed by atoms with Crippen molar-refractivity contribution in [2.24, 2.45) is 5.73 Å². The molecule has 2 aromatic carbocycles. The Morgan fingerprint density at radius 1 is 1.09 bits per heavy atom. The fourth-order valence-electron chi connectivity index (χ4n) is 3.96. The zero-order chi connectivity index (χ0) is 24.6. The predicted octanol–water partition coefficient (Wildman–Crippen LogP) is 5.79. The quantitative estimate of drug-likeness (QED) is 0.449. The maximum atomic E-state index is 13.2. The molecule has 6 heteroatoms. The molecular weight excluding hydrogens is 416 g/mol. The van der Waals surface area contributed by atoms with Gasteiger partial charge in [0.2, 0.25) is 11.8 Å². The van der Waals surface area contributed by atoms with Crippen LogP contribution in [-0.4, -0.2) is 25.5 Å². The third-order valence-electron chi connectivity index (χ3n) is 5.68. The number of carbonyl (C=O) groups is 2. The fraction of sp³-hybridized carbons (Fsp3) is 0.481. The van der Waals surface area contributed by atoms with E-state index in [0.717, 1.165) is 41.9 Å². The number of hydrogen-bond donors (Lipinski definition) is 2. The lowest BCUT2D eigenvalue weighted by atomic mass is 9.85. The van der Waals surface area contributed by atoms with Crippen molar-refractivity contribution in [3.63, 3.8) is 0 Å². The van der Waals surface area contributed by atoms with Crippen LogP contribution >= 0.6 is 0 Å². The minimum Gasteiger partial charge on any atom is -0.497 e. The molecule has 0 saturated heterocycles. The molecule has 2 rings (SSSR count). The first-order chi connectivity index (χ1) is 15.6. The molecular formula is C27H38N2O4. The van der Waals surface area contributed by atoms with Crippen LogP contribution < -0.4 is 20.5 Å². The molecule has 33 heavy (non-hydrogen) atoms. The Morgan fingerprint density at radius 3 is 2.39 bits per heavy atom. The van der Waals surface area contributed by atoms with Crippen molar-refractivity contribution in [2.75, 3.05) is 19.0 Å². The van der Waals surface area contributed by atoms with Crippen LogP contribution in [0.1, 0.15) is 87.7 Å². The van der Waals surface area contributed by atoms with Crippen LogP contribution in [0.2, 0.25) is 0 Å². The maximum absolute atomic E-state index is 13.2. The van der Waals surface area contributed by atoms with Crippen LogP contribution in [0.25, 0.3) is 0 Å². The molecule has 1 unspecified atom stereocenters. The second-order valence-corrected chi connectivity index (χ2v) is 9.30. The van der Waals surface area contributed by atoms with Gasteiger partial charge in [-0.1, -0.05) is 52.7 Å². The number of anilines is 1. The number of primary amides is 1. The number of methoxy groups -OCH3 is 1. The number of amides is 2. The SMILES string of the molecule is CCCCC(CC(=O)Nc1cc(C(N)=O)ccc1C(C)(C)C)c1ccc(OC)cc1OCC. The average molecular weight is 455 g/mol. The highest BCUT2D eigenvalue weighted by atomic mass is 16.5. The third-order valence-corrected chi connectivity index (χ3v) is 5.68.